The van der Waals surface area contributed by atoms with Gasteiger partial charge in [-0.1, -0.05) is 18.2 Å². The maximum atomic E-state index is 13.2. The molecule has 1 N–H and O–H groups in total. The molecule has 0 saturated heterocycles. The lowest BCUT2D eigenvalue weighted by molar-refractivity contribution is -0.153. The number of tetrazole rings is 1. The van der Waals surface area contributed by atoms with Crippen molar-refractivity contribution in [3.8, 4) is 5.69 Å². The Labute approximate surface area is 197 Å². The van der Waals surface area contributed by atoms with Gasteiger partial charge in [-0.2, -0.15) is 17.9 Å². The number of nitrogens with one attached hydrogen (secondary N) is 1. The SMILES string of the molecule is COC(=O)c1oc(CNC(c2ccc(C(F)(F)F)o2)c2nnnn2-c2c(C)cccc2C)cc1C. The van der Waals surface area contributed by atoms with Crippen molar-refractivity contribution in [1.82, 2.24) is 25.5 Å². The van der Waals surface area contributed by atoms with Crippen LogP contribution in [-0.4, -0.2) is 33.3 Å². The van der Waals surface area contributed by atoms with E-state index in [1.165, 1.54) is 17.9 Å². The van der Waals surface area contributed by atoms with Crippen molar-refractivity contribution in [2.45, 2.75) is 39.5 Å². The van der Waals surface area contributed by atoms with E-state index in [1.807, 2.05) is 32.0 Å². The zero-order valence-electron chi connectivity index (χ0n) is 19.3. The first kappa shape index (κ1) is 24.2. The van der Waals surface area contributed by atoms with Gasteiger partial charge in [-0.3, -0.25) is 5.32 Å². The van der Waals surface area contributed by atoms with Crippen LogP contribution in [0.25, 0.3) is 5.69 Å². The smallest absolute Gasteiger partial charge is 0.449 e. The molecule has 0 radical (unpaired) electrons. The highest BCUT2D eigenvalue weighted by atomic mass is 19.4. The number of carbonyl (C=O) groups excluding carboxylic acids is 1. The second kappa shape index (κ2) is 9.37. The molecular weight excluding hydrogens is 467 g/mol. The minimum absolute atomic E-state index is 0.0319. The van der Waals surface area contributed by atoms with Crippen LogP contribution < -0.4 is 5.32 Å². The maximum absolute atomic E-state index is 13.2. The number of hydrogen-bond acceptors (Lipinski definition) is 8. The minimum Gasteiger partial charge on any atom is -0.463 e. The number of furan rings is 2. The number of methoxy groups -OCH3 is 1. The van der Waals surface area contributed by atoms with Crippen LogP contribution in [0.5, 0.6) is 0 Å². The molecular formula is C23H22F3N5O4. The molecule has 35 heavy (non-hydrogen) atoms. The third kappa shape index (κ3) is 4.83. The Morgan fingerprint density at radius 1 is 1.11 bits per heavy atom. The molecule has 0 fully saturated rings. The van der Waals surface area contributed by atoms with Crippen molar-refractivity contribution < 1.29 is 31.5 Å². The summed E-state index contributed by atoms with van der Waals surface area (Å²) < 4.78 is 56.6. The van der Waals surface area contributed by atoms with E-state index >= 15 is 0 Å². The monoisotopic (exact) mass is 489 g/mol. The van der Waals surface area contributed by atoms with Gasteiger partial charge >= 0.3 is 12.1 Å². The van der Waals surface area contributed by atoms with Gasteiger partial charge in [0.25, 0.3) is 0 Å². The fourth-order valence-electron chi connectivity index (χ4n) is 3.79. The molecule has 0 spiro atoms. The summed E-state index contributed by atoms with van der Waals surface area (Å²) in [5, 5.41) is 15.0. The van der Waals surface area contributed by atoms with Gasteiger partial charge in [0.1, 0.15) is 17.6 Å². The average Bonchev–Trinajstić information content (AvgIpc) is 3.54. The lowest BCUT2D eigenvalue weighted by atomic mass is 10.1. The van der Waals surface area contributed by atoms with Crippen molar-refractivity contribution in [3.63, 3.8) is 0 Å². The fraction of sp³-hybridized carbons (Fsp3) is 0.304. The number of aryl methyl sites for hydroxylation is 3. The van der Waals surface area contributed by atoms with E-state index in [2.05, 4.69) is 20.8 Å². The van der Waals surface area contributed by atoms with E-state index in [0.29, 0.717) is 17.0 Å². The highest BCUT2D eigenvalue weighted by Gasteiger charge is 2.36. The first-order valence-electron chi connectivity index (χ1n) is 10.5. The first-order valence-corrected chi connectivity index (χ1v) is 10.5. The molecule has 0 saturated carbocycles. The summed E-state index contributed by atoms with van der Waals surface area (Å²) in [6.07, 6.45) is -4.66. The van der Waals surface area contributed by atoms with Gasteiger partial charge in [0, 0.05) is 5.56 Å². The first-order chi connectivity index (χ1) is 16.6. The van der Waals surface area contributed by atoms with E-state index in [4.69, 9.17) is 13.6 Å². The number of carbonyl (C=O) groups is 1. The quantitative estimate of drug-likeness (QED) is 0.379. The van der Waals surface area contributed by atoms with Crippen LogP contribution in [0.1, 0.15) is 56.4 Å². The molecule has 184 valence electrons. The zero-order chi connectivity index (χ0) is 25.3. The van der Waals surface area contributed by atoms with Crippen molar-refractivity contribution in [2.24, 2.45) is 0 Å². The van der Waals surface area contributed by atoms with Crippen LogP contribution in [0.15, 0.2) is 45.2 Å². The molecule has 1 unspecified atom stereocenters. The Hall–Kier alpha value is -3.93. The molecule has 0 aliphatic heterocycles. The second-order valence-electron chi connectivity index (χ2n) is 7.92. The number of rotatable bonds is 7. The van der Waals surface area contributed by atoms with Gasteiger partial charge in [-0.25, -0.2) is 4.79 Å². The molecule has 3 heterocycles. The Morgan fingerprint density at radius 2 is 1.83 bits per heavy atom. The summed E-state index contributed by atoms with van der Waals surface area (Å²) in [4.78, 5) is 11.9. The van der Waals surface area contributed by atoms with Crippen LogP contribution in [0.2, 0.25) is 0 Å². The van der Waals surface area contributed by atoms with Crippen LogP contribution in [-0.2, 0) is 17.5 Å². The Kier molecular flexibility index (Phi) is 6.48. The molecule has 1 aromatic carbocycles. The molecule has 12 heteroatoms. The molecule has 0 amide bonds. The predicted molar refractivity (Wildman–Crippen MR) is 116 cm³/mol. The molecule has 0 bridgehead atoms. The second-order valence-corrected chi connectivity index (χ2v) is 7.92. The third-order valence-electron chi connectivity index (χ3n) is 5.41. The van der Waals surface area contributed by atoms with Crippen LogP contribution >= 0.6 is 0 Å². The number of halogens is 3. The molecule has 4 aromatic rings. The summed E-state index contributed by atoms with van der Waals surface area (Å²) in [5.74, 6) is -1.21. The Morgan fingerprint density at radius 3 is 2.46 bits per heavy atom. The largest absolute Gasteiger partial charge is 0.463 e. The number of aromatic nitrogens is 4. The number of ether oxygens (including phenoxy) is 1. The molecule has 0 aliphatic rings. The topological polar surface area (TPSA) is 108 Å². The van der Waals surface area contributed by atoms with Crippen LogP contribution in [0.3, 0.4) is 0 Å². The number of benzene rings is 1. The van der Waals surface area contributed by atoms with E-state index in [1.54, 1.807) is 13.0 Å². The molecule has 3 aromatic heterocycles. The molecule has 1 atom stereocenters. The number of hydrogen-bond donors (Lipinski definition) is 1. The summed E-state index contributed by atoms with van der Waals surface area (Å²) in [6, 6.07) is 8.37. The van der Waals surface area contributed by atoms with Gasteiger partial charge in [0.15, 0.2) is 5.82 Å². The zero-order valence-corrected chi connectivity index (χ0v) is 19.3. The van der Waals surface area contributed by atoms with Crippen LogP contribution in [0, 0.1) is 20.8 Å². The van der Waals surface area contributed by atoms with Crippen LogP contribution in [0.4, 0.5) is 13.2 Å². The number of nitrogens with zero attached hydrogens (tertiary/aromatic N) is 4. The maximum Gasteiger partial charge on any atom is 0.449 e. The van der Waals surface area contributed by atoms with Gasteiger partial charge < -0.3 is 13.6 Å². The normalized spacial score (nSPS) is 12.7. The number of esters is 1. The number of alkyl halides is 3. The summed E-state index contributed by atoms with van der Waals surface area (Å²) in [7, 11) is 1.24. The highest BCUT2D eigenvalue weighted by molar-refractivity contribution is 5.87. The average molecular weight is 489 g/mol. The van der Waals surface area contributed by atoms with Crippen molar-refractivity contribution in [3.05, 3.63) is 82.0 Å². The predicted octanol–water partition coefficient (Wildman–Crippen LogP) is 4.46. The van der Waals surface area contributed by atoms with Gasteiger partial charge in [0.2, 0.25) is 11.5 Å². The van der Waals surface area contributed by atoms with E-state index in [0.717, 1.165) is 17.2 Å². The summed E-state index contributed by atoms with van der Waals surface area (Å²) >= 11 is 0. The summed E-state index contributed by atoms with van der Waals surface area (Å²) in [5.41, 5.74) is 3.00. The van der Waals surface area contributed by atoms with Crippen molar-refractivity contribution in [2.75, 3.05) is 7.11 Å². The van der Waals surface area contributed by atoms with Gasteiger partial charge in [-0.15, -0.1) is 5.10 Å². The lowest BCUT2D eigenvalue weighted by Crippen LogP contribution is -2.25. The van der Waals surface area contributed by atoms with Crippen molar-refractivity contribution in [1.29, 1.82) is 0 Å². The lowest BCUT2D eigenvalue weighted by Gasteiger charge is -2.18. The molecule has 4 rings (SSSR count). The van der Waals surface area contributed by atoms with E-state index in [-0.39, 0.29) is 23.9 Å². The Bertz CT molecular complexity index is 1340. The number of para-hydroxylation sites is 1. The third-order valence-corrected chi connectivity index (χ3v) is 5.41. The van der Waals surface area contributed by atoms with E-state index in [9.17, 15) is 18.0 Å². The van der Waals surface area contributed by atoms with Gasteiger partial charge in [0.05, 0.1) is 19.3 Å². The minimum atomic E-state index is -4.66. The highest BCUT2D eigenvalue weighted by Crippen LogP contribution is 2.34. The van der Waals surface area contributed by atoms with E-state index < -0.39 is 23.9 Å². The Balaban J connectivity index is 1.74. The standard InChI is InChI=1S/C23H22F3N5O4/c1-12-6-5-7-13(2)19(12)31-21(28-29-30-31)18(16-8-9-17(35-16)23(24,25)26)27-11-15-10-14(3)20(34-15)22(32)33-4/h5-10,18,27H,11H2,1-4H3. The van der Waals surface area contributed by atoms with Crippen molar-refractivity contribution >= 4 is 5.97 Å². The fourth-order valence-corrected chi connectivity index (χ4v) is 3.79. The molecule has 0 aliphatic carbocycles. The summed E-state index contributed by atoms with van der Waals surface area (Å²) in [6.45, 7) is 5.47. The van der Waals surface area contributed by atoms with Gasteiger partial charge in [-0.05, 0) is 60.5 Å². The molecule has 9 nitrogen and oxygen atoms in total.